The quantitative estimate of drug-likeness (QED) is 0.793. The highest BCUT2D eigenvalue weighted by Crippen LogP contribution is 2.30. The van der Waals surface area contributed by atoms with Crippen LogP contribution in [-0.2, 0) is 0 Å². The van der Waals surface area contributed by atoms with Gasteiger partial charge in [-0.25, -0.2) is 0 Å². The smallest absolute Gasteiger partial charge is 0.404 e. The number of hydrogen-bond acceptors (Lipinski definition) is 2. The Morgan fingerprint density at radius 2 is 1.81 bits per heavy atom. The van der Waals surface area contributed by atoms with Gasteiger partial charge in [0.25, 0.3) is 0 Å². The van der Waals surface area contributed by atoms with E-state index in [1.807, 2.05) is 0 Å². The first-order valence-electron chi connectivity index (χ1n) is 4.41. The van der Waals surface area contributed by atoms with Gasteiger partial charge in [-0.15, -0.1) is 0 Å². The number of ether oxygens (including phenoxy) is 2. The molecule has 0 aliphatic heterocycles. The summed E-state index contributed by atoms with van der Waals surface area (Å²) in [5.41, 5.74) is 0. The fourth-order valence-corrected chi connectivity index (χ4v) is 1.13. The number of benzene rings is 1. The fourth-order valence-electron chi connectivity index (χ4n) is 0.995. The van der Waals surface area contributed by atoms with Crippen molar-refractivity contribution < 1.29 is 22.6 Å². The van der Waals surface area contributed by atoms with E-state index in [-0.39, 0.29) is 0 Å². The molecule has 6 heteroatoms. The molecule has 0 heterocycles. The molecule has 1 aromatic carbocycles. The summed E-state index contributed by atoms with van der Waals surface area (Å²) in [5, 5.41) is 0. The Morgan fingerprint density at radius 3 is 2.31 bits per heavy atom. The van der Waals surface area contributed by atoms with E-state index in [0.717, 1.165) is 0 Å². The standard InChI is InChI=1S/C10H10BrF3O2/c1-15-7-4-2-3-5-8(7)16-6-9(11)10(12,13)14/h2-5,9H,6H2,1H3. The summed E-state index contributed by atoms with van der Waals surface area (Å²) >= 11 is 2.51. The Labute approximate surface area is 99.5 Å². The third-order valence-corrected chi connectivity index (χ3v) is 2.59. The molecule has 1 aromatic rings. The Kier molecular flexibility index (Phi) is 4.46. The summed E-state index contributed by atoms with van der Waals surface area (Å²) < 4.78 is 46.5. The summed E-state index contributed by atoms with van der Waals surface area (Å²) in [7, 11) is 1.43. The molecule has 0 aromatic heterocycles. The summed E-state index contributed by atoms with van der Waals surface area (Å²) in [6.45, 7) is -0.496. The van der Waals surface area contributed by atoms with E-state index in [1.165, 1.54) is 7.11 Å². The van der Waals surface area contributed by atoms with Crippen molar-refractivity contribution in [3.63, 3.8) is 0 Å². The number of alkyl halides is 4. The van der Waals surface area contributed by atoms with Crippen LogP contribution in [0.1, 0.15) is 0 Å². The molecule has 2 nitrogen and oxygen atoms in total. The van der Waals surface area contributed by atoms with E-state index in [1.54, 1.807) is 24.3 Å². The lowest BCUT2D eigenvalue weighted by Gasteiger charge is -2.16. The number of para-hydroxylation sites is 2. The zero-order valence-electron chi connectivity index (χ0n) is 8.42. The molecule has 0 saturated carbocycles. The van der Waals surface area contributed by atoms with Crippen LogP contribution in [0.2, 0.25) is 0 Å². The molecule has 0 amide bonds. The van der Waals surface area contributed by atoms with Gasteiger partial charge in [0.05, 0.1) is 7.11 Å². The molecule has 0 spiro atoms. The van der Waals surface area contributed by atoms with Gasteiger partial charge in [-0.1, -0.05) is 28.1 Å². The van der Waals surface area contributed by atoms with Crippen molar-refractivity contribution in [1.29, 1.82) is 0 Å². The fraction of sp³-hybridized carbons (Fsp3) is 0.400. The number of halogens is 4. The van der Waals surface area contributed by atoms with E-state index >= 15 is 0 Å². The second kappa shape index (κ2) is 5.43. The molecule has 1 atom stereocenters. The molecule has 0 saturated heterocycles. The normalized spacial score (nSPS) is 13.3. The molecular weight excluding hydrogens is 289 g/mol. The summed E-state index contributed by atoms with van der Waals surface area (Å²) in [6, 6.07) is 6.54. The topological polar surface area (TPSA) is 18.5 Å². The van der Waals surface area contributed by atoms with Crippen LogP contribution in [0, 0.1) is 0 Å². The third-order valence-electron chi connectivity index (χ3n) is 1.81. The lowest BCUT2D eigenvalue weighted by Crippen LogP contribution is -2.28. The van der Waals surface area contributed by atoms with Crippen molar-refractivity contribution in [3.05, 3.63) is 24.3 Å². The minimum absolute atomic E-state index is 0.290. The molecule has 90 valence electrons. The van der Waals surface area contributed by atoms with Crippen LogP contribution in [0.15, 0.2) is 24.3 Å². The predicted molar refractivity (Wildman–Crippen MR) is 57.3 cm³/mol. The molecule has 0 aliphatic carbocycles. The number of methoxy groups -OCH3 is 1. The first-order chi connectivity index (χ1) is 7.45. The lowest BCUT2D eigenvalue weighted by atomic mass is 10.3. The molecule has 0 bridgehead atoms. The van der Waals surface area contributed by atoms with Crippen LogP contribution < -0.4 is 9.47 Å². The Morgan fingerprint density at radius 1 is 1.25 bits per heavy atom. The first-order valence-corrected chi connectivity index (χ1v) is 5.33. The van der Waals surface area contributed by atoms with Crippen molar-refractivity contribution >= 4 is 15.9 Å². The Bertz CT molecular complexity index is 341. The highest BCUT2D eigenvalue weighted by molar-refractivity contribution is 9.09. The lowest BCUT2D eigenvalue weighted by molar-refractivity contribution is -0.132. The van der Waals surface area contributed by atoms with E-state index in [4.69, 9.17) is 9.47 Å². The minimum Gasteiger partial charge on any atom is -0.493 e. The summed E-state index contributed by atoms with van der Waals surface area (Å²) in [4.78, 5) is -1.69. The average molecular weight is 299 g/mol. The van der Waals surface area contributed by atoms with Gasteiger partial charge in [0.1, 0.15) is 11.4 Å². The van der Waals surface area contributed by atoms with Crippen LogP contribution in [0.25, 0.3) is 0 Å². The molecule has 16 heavy (non-hydrogen) atoms. The molecule has 0 N–H and O–H groups in total. The van der Waals surface area contributed by atoms with E-state index in [0.29, 0.717) is 11.5 Å². The van der Waals surface area contributed by atoms with Gasteiger partial charge in [0.2, 0.25) is 0 Å². The summed E-state index contributed by atoms with van der Waals surface area (Å²) in [6.07, 6.45) is -4.32. The number of rotatable bonds is 4. The first kappa shape index (κ1) is 13.2. The SMILES string of the molecule is COc1ccccc1OCC(Br)C(F)(F)F. The van der Waals surface area contributed by atoms with Gasteiger partial charge in [0.15, 0.2) is 11.5 Å². The molecule has 0 radical (unpaired) electrons. The maximum atomic E-state index is 12.2. The van der Waals surface area contributed by atoms with Gasteiger partial charge in [-0.2, -0.15) is 13.2 Å². The second-order valence-corrected chi connectivity index (χ2v) is 4.08. The monoisotopic (exact) mass is 298 g/mol. The zero-order chi connectivity index (χ0) is 12.2. The highest BCUT2D eigenvalue weighted by atomic mass is 79.9. The maximum absolute atomic E-state index is 12.2. The van der Waals surface area contributed by atoms with Gasteiger partial charge < -0.3 is 9.47 Å². The Balaban J connectivity index is 2.61. The van der Waals surface area contributed by atoms with Gasteiger partial charge in [0, 0.05) is 0 Å². The van der Waals surface area contributed by atoms with Gasteiger partial charge in [-0.3, -0.25) is 0 Å². The molecular formula is C10H10BrF3O2. The van der Waals surface area contributed by atoms with Crippen molar-refractivity contribution in [2.75, 3.05) is 13.7 Å². The molecule has 1 rings (SSSR count). The van der Waals surface area contributed by atoms with Crippen LogP contribution in [-0.4, -0.2) is 24.7 Å². The van der Waals surface area contributed by atoms with Crippen molar-refractivity contribution in [1.82, 2.24) is 0 Å². The van der Waals surface area contributed by atoms with Crippen LogP contribution >= 0.6 is 15.9 Å². The van der Waals surface area contributed by atoms with Crippen molar-refractivity contribution in [2.45, 2.75) is 11.0 Å². The van der Waals surface area contributed by atoms with E-state index in [2.05, 4.69) is 15.9 Å². The van der Waals surface area contributed by atoms with Crippen LogP contribution in [0.4, 0.5) is 13.2 Å². The highest BCUT2D eigenvalue weighted by Gasteiger charge is 2.38. The molecule has 1 unspecified atom stereocenters. The zero-order valence-corrected chi connectivity index (χ0v) is 10.0. The van der Waals surface area contributed by atoms with Crippen LogP contribution in [0.3, 0.4) is 0 Å². The summed E-state index contributed by atoms with van der Waals surface area (Å²) in [5.74, 6) is 0.697. The number of hydrogen-bond donors (Lipinski definition) is 0. The largest absolute Gasteiger partial charge is 0.493 e. The van der Waals surface area contributed by atoms with E-state index < -0.39 is 17.6 Å². The van der Waals surface area contributed by atoms with E-state index in [9.17, 15) is 13.2 Å². The van der Waals surface area contributed by atoms with Gasteiger partial charge >= 0.3 is 6.18 Å². The van der Waals surface area contributed by atoms with Crippen LogP contribution in [0.5, 0.6) is 11.5 Å². The minimum atomic E-state index is -4.32. The average Bonchev–Trinajstić information content (AvgIpc) is 2.24. The Hall–Kier alpha value is -0.910. The van der Waals surface area contributed by atoms with Gasteiger partial charge in [-0.05, 0) is 12.1 Å². The van der Waals surface area contributed by atoms with Crippen molar-refractivity contribution in [2.24, 2.45) is 0 Å². The third kappa shape index (κ3) is 3.59. The molecule has 0 aliphatic rings. The van der Waals surface area contributed by atoms with Crippen molar-refractivity contribution in [3.8, 4) is 11.5 Å². The molecule has 0 fully saturated rings. The second-order valence-electron chi connectivity index (χ2n) is 2.97. The predicted octanol–water partition coefficient (Wildman–Crippen LogP) is 3.40. The maximum Gasteiger partial charge on any atom is 0.404 e.